The zero-order valence-corrected chi connectivity index (χ0v) is 15.4. The first-order valence-electron chi connectivity index (χ1n) is 8.49. The minimum atomic E-state index is -0.911. The summed E-state index contributed by atoms with van der Waals surface area (Å²) < 4.78 is 5.99. The van der Waals surface area contributed by atoms with Crippen LogP contribution < -0.4 is 9.64 Å². The second-order valence-corrected chi connectivity index (χ2v) is 6.82. The summed E-state index contributed by atoms with van der Waals surface area (Å²) in [6.07, 6.45) is 0. The molecule has 0 amide bonds. The molecule has 0 spiro atoms. The predicted molar refractivity (Wildman–Crippen MR) is 105 cm³/mol. The molecule has 3 rings (SSSR count). The number of aromatic carboxylic acids is 1. The Morgan fingerprint density at radius 1 is 1.08 bits per heavy atom. The number of rotatable bonds is 8. The van der Waals surface area contributed by atoms with Crippen LogP contribution >= 0.6 is 11.3 Å². The molecule has 0 bridgehead atoms. The Bertz CT molecular complexity index is 860. The molecule has 1 N–H and O–H groups in total. The van der Waals surface area contributed by atoms with E-state index in [1.165, 1.54) is 0 Å². The number of nitrogens with zero attached hydrogens (tertiary/aromatic N) is 1. The smallest absolute Gasteiger partial charge is 0.337 e. The zero-order valence-electron chi connectivity index (χ0n) is 14.6. The van der Waals surface area contributed by atoms with Gasteiger partial charge in [-0.3, -0.25) is 0 Å². The van der Waals surface area contributed by atoms with Gasteiger partial charge in [0, 0.05) is 6.54 Å². The summed E-state index contributed by atoms with van der Waals surface area (Å²) in [5.41, 5.74) is 2.16. The zero-order chi connectivity index (χ0) is 18.4. The van der Waals surface area contributed by atoms with E-state index in [9.17, 15) is 9.90 Å². The van der Waals surface area contributed by atoms with Crippen LogP contribution in [0.4, 0.5) is 5.69 Å². The fraction of sp³-hybridized carbons (Fsp3) is 0.190. The van der Waals surface area contributed by atoms with Gasteiger partial charge in [-0.2, -0.15) is 0 Å². The van der Waals surface area contributed by atoms with Crippen molar-refractivity contribution in [2.45, 2.75) is 20.1 Å². The molecule has 0 aliphatic carbocycles. The molecule has 2 aromatic carbocycles. The SMILES string of the molecule is CCN(Cc1sccc1OCc1ccccc1)c1ccccc1C(=O)O. The predicted octanol–water partition coefficient (Wildman–Crippen LogP) is 5.05. The van der Waals surface area contributed by atoms with Crippen LogP contribution in [0.5, 0.6) is 5.75 Å². The Morgan fingerprint density at radius 3 is 2.54 bits per heavy atom. The summed E-state index contributed by atoms with van der Waals surface area (Å²) in [7, 11) is 0. The topological polar surface area (TPSA) is 49.8 Å². The molecule has 1 aromatic heterocycles. The van der Waals surface area contributed by atoms with Gasteiger partial charge in [0.05, 0.1) is 22.7 Å². The average molecular weight is 367 g/mol. The highest BCUT2D eigenvalue weighted by Gasteiger charge is 2.17. The number of ether oxygens (including phenoxy) is 1. The van der Waals surface area contributed by atoms with Crippen LogP contribution in [0.1, 0.15) is 27.7 Å². The molecule has 0 saturated carbocycles. The molecule has 3 aromatic rings. The molecular weight excluding hydrogens is 346 g/mol. The third-order valence-electron chi connectivity index (χ3n) is 4.13. The molecule has 26 heavy (non-hydrogen) atoms. The molecule has 0 aliphatic rings. The largest absolute Gasteiger partial charge is 0.488 e. The molecule has 0 aliphatic heterocycles. The molecule has 0 radical (unpaired) electrons. The van der Waals surface area contributed by atoms with Crippen molar-refractivity contribution in [3.63, 3.8) is 0 Å². The van der Waals surface area contributed by atoms with E-state index in [4.69, 9.17) is 4.74 Å². The minimum Gasteiger partial charge on any atom is -0.488 e. The van der Waals surface area contributed by atoms with Crippen molar-refractivity contribution in [1.82, 2.24) is 0 Å². The number of para-hydroxylation sites is 1. The highest BCUT2D eigenvalue weighted by atomic mass is 32.1. The number of thiophene rings is 1. The van der Waals surface area contributed by atoms with Crippen molar-refractivity contribution in [2.75, 3.05) is 11.4 Å². The molecular formula is C21H21NO3S. The normalized spacial score (nSPS) is 10.5. The first-order valence-corrected chi connectivity index (χ1v) is 9.37. The van der Waals surface area contributed by atoms with E-state index in [1.807, 2.05) is 60.8 Å². The van der Waals surface area contributed by atoms with Gasteiger partial charge >= 0.3 is 5.97 Å². The van der Waals surface area contributed by atoms with Crippen LogP contribution in [0.2, 0.25) is 0 Å². The molecule has 0 unspecified atom stereocenters. The number of benzene rings is 2. The molecule has 5 heteroatoms. The fourth-order valence-electron chi connectivity index (χ4n) is 2.78. The highest BCUT2D eigenvalue weighted by Crippen LogP contribution is 2.30. The van der Waals surface area contributed by atoms with E-state index in [-0.39, 0.29) is 0 Å². The van der Waals surface area contributed by atoms with E-state index in [0.29, 0.717) is 25.3 Å². The number of hydrogen-bond acceptors (Lipinski definition) is 4. The number of carboxylic acid groups (broad SMARTS) is 1. The third-order valence-corrected chi connectivity index (χ3v) is 5.02. The van der Waals surface area contributed by atoms with Crippen molar-refractivity contribution >= 4 is 23.0 Å². The van der Waals surface area contributed by atoms with Gasteiger partial charge in [0.2, 0.25) is 0 Å². The van der Waals surface area contributed by atoms with Crippen LogP contribution in [-0.2, 0) is 13.2 Å². The quantitative estimate of drug-likeness (QED) is 0.605. The average Bonchev–Trinajstić information content (AvgIpc) is 3.12. The van der Waals surface area contributed by atoms with Crippen LogP contribution in [0.25, 0.3) is 0 Å². The lowest BCUT2D eigenvalue weighted by Gasteiger charge is -2.24. The van der Waals surface area contributed by atoms with Gasteiger partial charge in [0.1, 0.15) is 12.4 Å². The lowest BCUT2D eigenvalue weighted by molar-refractivity contribution is 0.0697. The van der Waals surface area contributed by atoms with E-state index < -0.39 is 5.97 Å². The third kappa shape index (κ3) is 4.24. The number of hydrogen-bond donors (Lipinski definition) is 1. The Labute approximate surface area is 157 Å². The first-order chi connectivity index (χ1) is 12.7. The Balaban J connectivity index is 1.76. The van der Waals surface area contributed by atoms with Crippen LogP contribution in [0, 0.1) is 0 Å². The van der Waals surface area contributed by atoms with Crippen molar-refractivity contribution in [3.05, 3.63) is 82.0 Å². The maximum Gasteiger partial charge on any atom is 0.337 e. The summed E-state index contributed by atoms with van der Waals surface area (Å²) in [5.74, 6) is -0.0594. The molecule has 4 nitrogen and oxygen atoms in total. The van der Waals surface area contributed by atoms with Crippen LogP contribution in [0.3, 0.4) is 0 Å². The van der Waals surface area contributed by atoms with Gasteiger partial charge in [0.25, 0.3) is 0 Å². The number of anilines is 1. The van der Waals surface area contributed by atoms with E-state index >= 15 is 0 Å². The van der Waals surface area contributed by atoms with Crippen LogP contribution in [0.15, 0.2) is 66.0 Å². The maximum atomic E-state index is 11.5. The minimum absolute atomic E-state index is 0.317. The van der Waals surface area contributed by atoms with Gasteiger partial charge in [-0.1, -0.05) is 42.5 Å². The second kappa shape index (κ2) is 8.54. The molecule has 134 valence electrons. The van der Waals surface area contributed by atoms with Gasteiger partial charge in [-0.25, -0.2) is 4.79 Å². The Kier molecular flexibility index (Phi) is 5.92. The van der Waals surface area contributed by atoms with Gasteiger partial charge in [-0.05, 0) is 36.1 Å². The standard InChI is InChI=1S/C21H21NO3S/c1-2-22(18-11-7-6-10-17(18)21(23)24)14-20-19(12-13-26-20)25-15-16-8-4-3-5-9-16/h3-13H,2,14-15H2,1H3,(H,23,24). The van der Waals surface area contributed by atoms with Gasteiger partial charge in [-0.15, -0.1) is 11.3 Å². The molecule has 1 heterocycles. The van der Waals surface area contributed by atoms with Crippen molar-refractivity contribution in [3.8, 4) is 5.75 Å². The lowest BCUT2D eigenvalue weighted by atomic mass is 10.1. The summed E-state index contributed by atoms with van der Waals surface area (Å²) in [5, 5.41) is 11.5. The van der Waals surface area contributed by atoms with Crippen molar-refractivity contribution in [2.24, 2.45) is 0 Å². The summed E-state index contributed by atoms with van der Waals surface area (Å²) >= 11 is 1.62. The van der Waals surface area contributed by atoms with E-state index in [1.54, 1.807) is 23.5 Å². The fourth-order valence-corrected chi connectivity index (χ4v) is 3.61. The number of carboxylic acids is 1. The maximum absolute atomic E-state index is 11.5. The van der Waals surface area contributed by atoms with Crippen molar-refractivity contribution in [1.29, 1.82) is 0 Å². The van der Waals surface area contributed by atoms with Gasteiger partial charge in [0.15, 0.2) is 0 Å². The monoisotopic (exact) mass is 367 g/mol. The molecule has 0 saturated heterocycles. The molecule has 0 atom stereocenters. The van der Waals surface area contributed by atoms with E-state index in [2.05, 4.69) is 4.90 Å². The highest BCUT2D eigenvalue weighted by molar-refractivity contribution is 7.10. The second-order valence-electron chi connectivity index (χ2n) is 5.82. The summed E-state index contributed by atoms with van der Waals surface area (Å²) in [4.78, 5) is 14.7. The van der Waals surface area contributed by atoms with Gasteiger partial charge < -0.3 is 14.7 Å². The van der Waals surface area contributed by atoms with E-state index in [0.717, 1.165) is 21.9 Å². The molecule has 0 fully saturated rings. The number of carbonyl (C=O) groups is 1. The Morgan fingerprint density at radius 2 is 1.81 bits per heavy atom. The summed E-state index contributed by atoms with van der Waals surface area (Å²) in [6, 6.07) is 19.1. The Hall–Kier alpha value is -2.79. The first kappa shape index (κ1) is 18.0. The van der Waals surface area contributed by atoms with Crippen molar-refractivity contribution < 1.29 is 14.6 Å². The summed E-state index contributed by atoms with van der Waals surface area (Å²) in [6.45, 7) is 3.86. The van der Waals surface area contributed by atoms with Crippen LogP contribution in [-0.4, -0.2) is 17.6 Å². The lowest BCUT2D eigenvalue weighted by Crippen LogP contribution is -2.24.